The molecular formula is C11H9ClFN3. The Morgan fingerprint density at radius 2 is 2.12 bits per heavy atom. The summed E-state index contributed by atoms with van der Waals surface area (Å²) in [5.74, 6) is -0.126. The van der Waals surface area contributed by atoms with Crippen LogP contribution in [-0.2, 0) is 6.54 Å². The second-order valence-electron chi connectivity index (χ2n) is 3.20. The van der Waals surface area contributed by atoms with E-state index in [1.807, 2.05) is 0 Å². The van der Waals surface area contributed by atoms with Crippen LogP contribution in [0.25, 0.3) is 11.4 Å². The first kappa shape index (κ1) is 11.0. The van der Waals surface area contributed by atoms with Crippen LogP contribution >= 0.6 is 11.6 Å². The summed E-state index contributed by atoms with van der Waals surface area (Å²) in [6, 6.07) is 6.07. The first-order chi connectivity index (χ1) is 7.70. The highest BCUT2D eigenvalue weighted by Crippen LogP contribution is 2.22. The molecule has 0 bridgehead atoms. The first-order valence-electron chi connectivity index (χ1n) is 4.68. The maximum atomic E-state index is 13.6. The van der Waals surface area contributed by atoms with Crippen LogP contribution in [0.1, 0.15) is 5.69 Å². The summed E-state index contributed by atoms with van der Waals surface area (Å²) in [6.45, 7) is 0.296. The summed E-state index contributed by atoms with van der Waals surface area (Å²) in [5, 5.41) is 0.344. The van der Waals surface area contributed by atoms with E-state index in [0.717, 1.165) is 0 Å². The topological polar surface area (TPSA) is 51.8 Å². The average molecular weight is 238 g/mol. The lowest BCUT2D eigenvalue weighted by molar-refractivity contribution is 0.630. The molecule has 0 aliphatic rings. The number of rotatable bonds is 2. The highest BCUT2D eigenvalue weighted by molar-refractivity contribution is 6.30. The van der Waals surface area contributed by atoms with Gasteiger partial charge in [0, 0.05) is 17.8 Å². The highest BCUT2D eigenvalue weighted by atomic mass is 35.5. The van der Waals surface area contributed by atoms with E-state index in [1.54, 1.807) is 24.4 Å². The van der Waals surface area contributed by atoms with Crippen molar-refractivity contribution in [1.82, 2.24) is 9.97 Å². The van der Waals surface area contributed by atoms with Crippen molar-refractivity contribution in [2.45, 2.75) is 6.54 Å². The zero-order valence-electron chi connectivity index (χ0n) is 8.32. The zero-order valence-corrected chi connectivity index (χ0v) is 9.08. The molecule has 5 heteroatoms. The molecule has 0 saturated heterocycles. The van der Waals surface area contributed by atoms with Crippen molar-refractivity contribution in [3.8, 4) is 11.4 Å². The van der Waals surface area contributed by atoms with E-state index in [0.29, 0.717) is 28.6 Å². The van der Waals surface area contributed by atoms with Crippen LogP contribution < -0.4 is 5.73 Å². The van der Waals surface area contributed by atoms with E-state index >= 15 is 0 Å². The molecular weight excluding hydrogens is 229 g/mol. The Morgan fingerprint density at radius 3 is 2.81 bits per heavy atom. The molecule has 0 radical (unpaired) electrons. The molecule has 2 rings (SSSR count). The Kier molecular flexibility index (Phi) is 3.12. The van der Waals surface area contributed by atoms with Crippen molar-refractivity contribution in [2.75, 3.05) is 0 Å². The lowest BCUT2D eigenvalue weighted by Gasteiger charge is -2.03. The number of halogens is 2. The molecule has 0 atom stereocenters. The van der Waals surface area contributed by atoms with Gasteiger partial charge in [0.25, 0.3) is 0 Å². The van der Waals surface area contributed by atoms with Gasteiger partial charge in [0.15, 0.2) is 5.82 Å². The van der Waals surface area contributed by atoms with Crippen molar-refractivity contribution in [1.29, 1.82) is 0 Å². The van der Waals surface area contributed by atoms with Gasteiger partial charge in [-0.05, 0) is 24.3 Å². The van der Waals surface area contributed by atoms with Crippen LogP contribution in [0.2, 0.25) is 5.02 Å². The fourth-order valence-electron chi connectivity index (χ4n) is 1.31. The van der Waals surface area contributed by atoms with E-state index in [2.05, 4.69) is 9.97 Å². The summed E-state index contributed by atoms with van der Waals surface area (Å²) in [5.41, 5.74) is 6.44. The molecule has 0 amide bonds. The molecule has 1 aromatic carbocycles. The fraction of sp³-hybridized carbons (Fsp3) is 0.0909. The monoisotopic (exact) mass is 237 g/mol. The molecule has 1 aromatic heterocycles. The van der Waals surface area contributed by atoms with Gasteiger partial charge in [0.1, 0.15) is 5.82 Å². The summed E-state index contributed by atoms with van der Waals surface area (Å²) >= 11 is 5.66. The Balaban J connectivity index is 2.49. The van der Waals surface area contributed by atoms with Gasteiger partial charge >= 0.3 is 0 Å². The number of nitrogens with zero attached hydrogens (tertiary/aromatic N) is 2. The predicted octanol–water partition coefficient (Wildman–Crippen LogP) is 2.39. The largest absolute Gasteiger partial charge is 0.325 e. The number of aromatic nitrogens is 2. The highest BCUT2D eigenvalue weighted by Gasteiger charge is 2.08. The van der Waals surface area contributed by atoms with Crippen LogP contribution in [-0.4, -0.2) is 9.97 Å². The van der Waals surface area contributed by atoms with Gasteiger partial charge < -0.3 is 5.73 Å². The van der Waals surface area contributed by atoms with Gasteiger partial charge in [-0.3, -0.25) is 0 Å². The molecule has 3 nitrogen and oxygen atoms in total. The Hall–Kier alpha value is -1.52. The van der Waals surface area contributed by atoms with Crippen LogP contribution in [0.5, 0.6) is 0 Å². The van der Waals surface area contributed by atoms with E-state index in [9.17, 15) is 4.39 Å². The second-order valence-corrected chi connectivity index (χ2v) is 3.64. The zero-order chi connectivity index (χ0) is 11.5. The SMILES string of the molecule is NCc1ccnc(-c2ccc(Cl)cc2F)n1. The average Bonchev–Trinajstić information content (AvgIpc) is 2.29. The standard InChI is InChI=1S/C11H9ClFN3/c12-7-1-2-9(10(13)5-7)11-15-4-3-8(6-14)16-11/h1-5H,6,14H2. The molecule has 2 aromatic rings. The molecule has 16 heavy (non-hydrogen) atoms. The quantitative estimate of drug-likeness (QED) is 0.873. The maximum Gasteiger partial charge on any atom is 0.162 e. The van der Waals surface area contributed by atoms with E-state index < -0.39 is 5.82 Å². The molecule has 0 unspecified atom stereocenters. The number of hydrogen-bond acceptors (Lipinski definition) is 3. The molecule has 0 fully saturated rings. The van der Waals surface area contributed by atoms with Crippen LogP contribution in [0.15, 0.2) is 30.5 Å². The van der Waals surface area contributed by atoms with Crippen LogP contribution in [0.3, 0.4) is 0 Å². The van der Waals surface area contributed by atoms with Gasteiger partial charge in [-0.25, -0.2) is 14.4 Å². The molecule has 0 aliphatic carbocycles. The van der Waals surface area contributed by atoms with Gasteiger partial charge in [0.2, 0.25) is 0 Å². The lowest BCUT2D eigenvalue weighted by Crippen LogP contribution is -2.02. The molecule has 82 valence electrons. The first-order valence-corrected chi connectivity index (χ1v) is 5.06. The summed E-state index contributed by atoms with van der Waals surface area (Å²) in [6.07, 6.45) is 1.55. The van der Waals surface area contributed by atoms with Crippen molar-refractivity contribution in [3.05, 3.63) is 47.0 Å². The minimum atomic E-state index is -0.443. The molecule has 0 saturated carbocycles. The van der Waals surface area contributed by atoms with Crippen molar-refractivity contribution in [3.63, 3.8) is 0 Å². The summed E-state index contributed by atoms with van der Waals surface area (Å²) < 4.78 is 13.6. The second kappa shape index (κ2) is 4.55. The molecule has 1 heterocycles. The van der Waals surface area contributed by atoms with Crippen molar-refractivity contribution >= 4 is 11.6 Å². The molecule has 0 spiro atoms. The number of nitrogens with two attached hydrogens (primary N) is 1. The normalized spacial score (nSPS) is 10.4. The van der Waals surface area contributed by atoms with E-state index in [-0.39, 0.29) is 0 Å². The number of hydrogen-bond donors (Lipinski definition) is 1. The third kappa shape index (κ3) is 2.18. The van der Waals surface area contributed by atoms with Gasteiger partial charge in [-0.2, -0.15) is 0 Å². The molecule has 0 aliphatic heterocycles. The summed E-state index contributed by atoms with van der Waals surface area (Å²) in [7, 11) is 0. The van der Waals surface area contributed by atoms with Gasteiger partial charge in [-0.1, -0.05) is 11.6 Å². The summed E-state index contributed by atoms with van der Waals surface area (Å²) in [4.78, 5) is 8.13. The smallest absolute Gasteiger partial charge is 0.162 e. The van der Waals surface area contributed by atoms with Crippen LogP contribution in [0, 0.1) is 5.82 Å². The lowest BCUT2D eigenvalue weighted by atomic mass is 10.2. The van der Waals surface area contributed by atoms with E-state index in [1.165, 1.54) is 6.07 Å². The molecule has 2 N–H and O–H groups in total. The maximum absolute atomic E-state index is 13.6. The van der Waals surface area contributed by atoms with Gasteiger partial charge in [0.05, 0.1) is 11.3 Å². The number of benzene rings is 1. The Morgan fingerprint density at radius 1 is 1.31 bits per heavy atom. The Labute approximate surface area is 97.1 Å². The van der Waals surface area contributed by atoms with Crippen molar-refractivity contribution in [2.24, 2.45) is 5.73 Å². The third-order valence-electron chi connectivity index (χ3n) is 2.09. The van der Waals surface area contributed by atoms with E-state index in [4.69, 9.17) is 17.3 Å². The third-order valence-corrected chi connectivity index (χ3v) is 2.33. The van der Waals surface area contributed by atoms with Crippen LogP contribution in [0.4, 0.5) is 4.39 Å². The minimum absolute atomic E-state index is 0.296. The minimum Gasteiger partial charge on any atom is -0.325 e. The predicted molar refractivity (Wildman–Crippen MR) is 60.3 cm³/mol. The van der Waals surface area contributed by atoms with Crippen molar-refractivity contribution < 1.29 is 4.39 Å². The van der Waals surface area contributed by atoms with Gasteiger partial charge in [-0.15, -0.1) is 0 Å². The fourth-order valence-corrected chi connectivity index (χ4v) is 1.47. The Bertz CT molecular complexity index is 516.